The molecule has 17 heavy (non-hydrogen) atoms. The van der Waals surface area contributed by atoms with Crippen LogP contribution in [0.4, 0.5) is 0 Å². The minimum absolute atomic E-state index is 0.0693. The van der Waals surface area contributed by atoms with Gasteiger partial charge in [0.25, 0.3) is 0 Å². The first-order valence-corrected chi connectivity index (χ1v) is 5.55. The number of esters is 1. The summed E-state index contributed by atoms with van der Waals surface area (Å²) in [5.41, 5.74) is 0. The van der Waals surface area contributed by atoms with E-state index in [0.29, 0.717) is 5.75 Å². The summed E-state index contributed by atoms with van der Waals surface area (Å²) in [6, 6.07) is 6.67. The minimum atomic E-state index is -0.334. The van der Waals surface area contributed by atoms with Crippen molar-refractivity contribution in [3.63, 3.8) is 0 Å². The van der Waals surface area contributed by atoms with Crippen molar-refractivity contribution >= 4 is 5.97 Å². The fourth-order valence-corrected chi connectivity index (χ4v) is 1.44. The highest BCUT2D eigenvalue weighted by atomic mass is 16.5. The Morgan fingerprint density at radius 3 is 2.53 bits per heavy atom. The minimum Gasteiger partial charge on any atom is -0.504 e. The summed E-state index contributed by atoms with van der Waals surface area (Å²) >= 11 is 0. The first kappa shape index (κ1) is 13.4. The van der Waals surface area contributed by atoms with E-state index in [4.69, 9.17) is 9.47 Å². The molecule has 0 heterocycles. The molecule has 0 saturated heterocycles. The molecule has 0 aliphatic carbocycles. The molecule has 0 fully saturated rings. The monoisotopic (exact) mass is 238 g/mol. The number of hydrogen-bond acceptors (Lipinski definition) is 4. The van der Waals surface area contributed by atoms with Gasteiger partial charge in [-0.15, -0.1) is 0 Å². The van der Waals surface area contributed by atoms with Gasteiger partial charge in [0.1, 0.15) is 6.61 Å². The Morgan fingerprint density at radius 1 is 1.35 bits per heavy atom. The number of methoxy groups -OCH3 is 1. The van der Waals surface area contributed by atoms with E-state index >= 15 is 0 Å². The molecule has 0 aliphatic heterocycles. The van der Waals surface area contributed by atoms with E-state index in [2.05, 4.69) is 0 Å². The Hall–Kier alpha value is -1.71. The first-order chi connectivity index (χ1) is 8.06. The van der Waals surface area contributed by atoms with Gasteiger partial charge in [0.2, 0.25) is 0 Å². The van der Waals surface area contributed by atoms with E-state index in [9.17, 15) is 9.90 Å². The molecular formula is C13H18O4. The van der Waals surface area contributed by atoms with Crippen LogP contribution in [-0.4, -0.2) is 24.8 Å². The lowest BCUT2D eigenvalue weighted by molar-refractivity contribution is -0.148. The van der Waals surface area contributed by atoms with Crippen molar-refractivity contribution in [2.75, 3.05) is 13.7 Å². The number of aromatic hydroxyl groups is 1. The van der Waals surface area contributed by atoms with Crippen LogP contribution in [0.25, 0.3) is 0 Å². The first-order valence-electron chi connectivity index (χ1n) is 5.55. The van der Waals surface area contributed by atoms with Crippen LogP contribution in [0.3, 0.4) is 0 Å². The summed E-state index contributed by atoms with van der Waals surface area (Å²) in [6.07, 6.45) is 0. The third-order valence-corrected chi connectivity index (χ3v) is 2.59. The quantitative estimate of drug-likeness (QED) is 0.799. The second-order valence-electron chi connectivity index (χ2n) is 4.15. The highest BCUT2D eigenvalue weighted by Gasteiger charge is 2.24. The van der Waals surface area contributed by atoms with Gasteiger partial charge >= 0.3 is 5.97 Å². The standard InChI is InChI=1S/C13H18O4/c1-9(2)10(13(15)16-3)8-17-12-7-5-4-6-11(12)14/h4-7,9-10,14H,8H2,1-3H3. The molecule has 4 heteroatoms. The Labute approximate surface area is 101 Å². The Bertz CT molecular complexity index is 373. The van der Waals surface area contributed by atoms with Gasteiger partial charge in [-0.3, -0.25) is 4.79 Å². The summed E-state index contributed by atoms with van der Waals surface area (Å²) in [6.45, 7) is 4.05. The third kappa shape index (κ3) is 3.66. The number of carbonyl (C=O) groups excluding carboxylic acids is 1. The molecular weight excluding hydrogens is 220 g/mol. The van der Waals surface area contributed by atoms with Crippen molar-refractivity contribution in [3.8, 4) is 11.5 Å². The predicted molar refractivity (Wildman–Crippen MR) is 63.9 cm³/mol. The van der Waals surface area contributed by atoms with E-state index in [1.165, 1.54) is 13.2 Å². The molecule has 0 aromatic heterocycles. The zero-order valence-electron chi connectivity index (χ0n) is 10.3. The topological polar surface area (TPSA) is 55.8 Å². The molecule has 0 bridgehead atoms. The number of phenolic OH excluding ortho intramolecular Hbond substituents is 1. The number of benzene rings is 1. The van der Waals surface area contributed by atoms with Crippen molar-refractivity contribution in [2.24, 2.45) is 11.8 Å². The number of carbonyl (C=O) groups is 1. The highest BCUT2D eigenvalue weighted by Crippen LogP contribution is 2.25. The summed E-state index contributed by atoms with van der Waals surface area (Å²) < 4.78 is 10.1. The normalized spacial score (nSPS) is 12.2. The molecule has 4 nitrogen and oxygen atoms in total. The van der Waals surface area contributed by atoms with E-state index in [-0.39, 0.29) is 30.2 Å². The molecule has 1 aromatic rings. The largest absolute Gasteiger partial charge is 0.504 e. The molecule has 1 aromatic carbocycles. The maximum Gasteiger partial charge on any atom is 0.312 e. The van der Waals surface area contributed by atoms with Gasteiger partial charge in [-0.05, 0) is 18.1 Å². The zero-order valence-corrected chi connectivity index (χ0v) is 10.3. The summed E-state index contributed by atoms with van der Waals surface area (Å²) in [5, 5.41) is 9.52. The molecule has 1 rings (SSSR count). The predicted octanol–water partition coefficient (Wildman–Crippen LogP) is 2.22. The van der Waals surface area contributed by atoms with Crippen LogP contribution in [0.1, 0.15) is 13.8 Å². The lowest BCUT2D eigenvalue weighted by Gasteiger charge is -2.19. The maximum atomic E-state index is 11.5. The smallest absolute Gasteiger partial charge is 0.312 e. The van der Waals surface area contributed by atoms with Gasteiger partial charge in [-0.2, -0.15) is 0 Å². The zero-order chi connectivity index (χ0) is 12.8. The average molecular weight is 238 g/mol. The number of rotatable bonds is 5. The Morgan fingerprint density at radius 2 is 2.00 bits per heavy atom. The van der Waals surface area contributed by atoms with Crippen molar-refractivity contribution in [2.45, 2.75) is 13.8 Å². The van der Waals surface area contributed by atoms with Crippen LogP contribution in [0, 0.1) is 11.8 Å². The van der Waals surface area contributed by atoms with E-state index in [1.807, 2.05) is 13.8 Å². The molecule has 0 amide bonds. The van der Waals surface area contributed by atoms with Gasteiger partial charge in [-0.1, -0.05) is 26.0 Å². The average Bonchev–Trinajstić information content (AvgIpc) is 2.30. The van der Waals surface area contributed by atoms with Gasteiger partial charge in [0.05, 0.1) is 13.0 Å². The number of para-hydroxylation sites is 2. The number of ether oxygens (including phenoxy) is 2. The van der Waals surface area contributed by atoms with Gasteiger partial charge < -0.3 is 14.6 Å². The lowest BCUT2D eigenvalue weighted by Crippen LogP contribution is -2.27. The van der Waals surface area contributed by atoms with E-state index < -0.39 is 0 Å². The maximum absolute atomic E-state index is 11.5. The van der Waals surface area contributed by atoms with Crippen LogP contribution in [-0.2, 0) is 9.53 Å². The molecule has 94 valence electrons. The van der Waals surface area contributed by atoms with Crippen molar-refractivity contribution < 1.29 is 19.4 Å². The van der Waals surface area contributed by atoms with E-state index in [1.54, 1.807) is 18.2 Å². The third-order valence-electron chi connectivity index (χ3n) is 2.59. The number of hydrogen-bond donors (Lipinski definition) is 1. The van der Waals surface area contributed by atoms with E-state index in [0.717, 1.165) is 0 Å². The SMILES string of the molecule is COC(=O)C(COc1ccccc1O)C(C)C. The molecule has 0 aliphatic rings. The lowest BCUT2D eigenvalue weighted by atomic mass is 9.97. The summed E-state index contributed by atoms with van der Waals surface area (Å²) in [5.74, 6) is -0.0646. The van der Waals surface area contributed by atoms with Crippen molar-refractivity contribution in [3.05, 3.63) is 24.3 Å². The van der Waals surface area contributed by atoms with Gasteiger partial charge in [0, 0.05) is 0 Å². The van der Waals surface area contributed by atoms with Crippen LogP contribution in [0.15, 0.2) is 24.3 Å². The molecule has 0 spiro atoms. The van der Waals surface area contributed by atoms with Gasteiger partial charge in [0.15, 0.2) is 11.5 Å². The highest BCUT2D eigenvalue weighted by molar-refractivity contribution is 5.72. The fourth-order valence-electron chi connectivity index (χ4n) is 1.44. The van der Waals surface area contributed by atoms with Crippen molar-refractivity contribution in [1.29, 1.82) is 0 Å². The molecule has 1 atom stereocenters. The van der Waals surface area contributed by atoms with Crippen LogP contribution in [0.5, 0.6) is 11.5 Å². The Kier molecular flexibility index (Phi) is 4.82. The van der Waals surface area contributed by atoms with Crippen LogP contribution in [0.2, 0.25) is 0 Å². The number of phenols is 1. The summed E-state index contributed by atoms with van der Waals surface area (Å²) in [4.78, 5) is 11.5. The molecule has 1 N–H and O–H groups in total. The molecule has 1 unspecified atom stereocenters. The van der Waals surface area contributed by atoms with Crippen LogP contribution >= 0.6 is 0 Å². The molecule has 0 radical (unpaired) electrons. The van der Waals surface area contributed by atoms with Crippen molar-refractivity contribution in [1.82, 2.24) is 0 Å². The second kappa shape index (κ2) is 6.13. The molecule has 0 saturated carbocycles. The fraction of sp³-hybridized carbons (Fsp3) is 0.462. The van der Waals surface area contributed by atoms with Crippen LogP contribution < -0.4 is 4.74 Å². The summed E-state index contributed by atoms with van der Waals surface area (Å²) in [7, 11) is 1.36. The van der Waals surface area contributed by atoms with Gasteiger partial charge in [-0.25, -0.2) is 0 Å². The second-order valence-corrected chi connectivity index (χ2v) is 4.15. The Balaban J connectivity index is 2.64.